The van der Waals surface area contributed by atoms with Gasteiger partial charge in [0.05, 0.1) is 4.90 Å². The predicted molar refractivity (Wildman–Crippen MR) is 97.9 cm³/mol. The normalized spacial score (nSPS) is 11.4. The van der Waals surface area contributed by atoms with Crippen LogP contribution in [0.2, 0.25) is 0 Å². The van der Waals surface area contributed by atoms with Crippen molar-refractivity contribution in [1.29, 1.82) is 0 Å². The number of nitrogens with one attached hydrogen (secondary N) is 2. The molecule has 3 rings (SSSR count). The van der Waals surface area contributed by atoms with Crippen LogP contribution in [0.5, 0.6) is 0 Å². The molecule has 0 aliphatic carbocycles. The minimum absolute atomic E-state index is 0.119. The molecule has 0 aliphatic rings. The number of amides is 1. The molecule has 0 spiro atoms. The highest BCUT2D eigenvalue weighted by atomic mass is 32.2. The maximum Gasteiger partial charge on any atom is 0.251 e. The molecule has 25 heavy (non-hydrogen) atoms. The van der Waals surface area contributed by atoms with E-state index in [0.717, 1.165) is 10.8 Å². The van der Waals surface area contributed by atoms with E-state index in [1.807, 2.05) is 36.4 Å². The fourth-order valence-electron chi connectivity index (χ4n) is 2.56. The summed E-state index contributed by atoms with van der Waals surface area (Å²) in [7, 11) is -3.56. The minimum Gasteiger partial charge on any atom is -0.351 e. The molecule has 0 aliphatic heterocycles. The van der Waals surface area contributed by atoms with E-state index in [2.05, 4.69) is 10.0 Å². The zero-order valence-corrected chi connectivity index (χ0v) is 14.3. The molecule has 0 saturated carbocycles. The Morgan fingerprint density at radius 3 is 2.28 bits per heavy atom. The maximum atomic E-state index is 12.4. The molecule has 0 saturated heterocycles. The molecule has 1 amide bonds. The van der Waals surface area contributed by atoms with E-state index in [1.165, 1.54) is 12.1 Å². The van der Waals surface area contributed by atoms with Gasteiger partial charge in [-0.05, 0) is 29.0 Å². The van der Waals surface area contributed by atoms with Crippen LogP contribution in [-0.4, -0.2) is 27.4 Å². The smallest absolute Gasteiger partial charge is 0.251 e. The first kappa shape index (κ1) is 17.1. The average molecular weight is 354 g/mol. The van der Waals surface area contributed by atoms with E-state index in [1.54, 1.807) is 24.3 Å². The number of benzene rings is 3. The molecule has 6 heteroatoms. The molecule has 5 nitrogen and oxygen atoms in total. The van der Waals surface area contributed by atoms with Gasteiger partial charge in [-0.15, -0.1) is 0 Å². The Hall–Kier alpha value is -2.70. The molecule has 3 aromatic carbocycles. The molecule has 0 fully saturated rings. The molecule has 2 N–H and O–H groups in total. The highest BCUT2D eigenvalue weighted by Gasteiger charge is 2.13. The topological polar surface area (TPSA) is 75.3 Å². The second kappa shape index (κ2) is 7.46. The quantitative estimate of drug-likeness (QED) is 0.668. The fraction of sp³-hybridized carbons (Fsp3) is 0.105. The lowest BCUT2D eigenvalue weighted by atomic mass is 10.0. The Kier molecular flexibility index (Phi) is 5.11. The molecule has 3 aromatic rings. The summed E-state index contributed by atoms with van der Waals surface area (Å²) in [6.07, 6.45) is 0. The standard InChI is InChI=1S/C19H18N2O3S/c22-19(18-12-6-8-15-7-4-5-11-17(15)18)20-13-14-21-25(23,24)16-9-2-1-3-10-16/h1-12,21H,13-14H2,(H,20,22). The van der Waals surface area contributed by atoms with Crippen molar-refractivity contribution in [3.05, 3.63) is 78.4 Å². The lowest BCUT2D eigenvalue weighted by molar-refractivity contribution is 0.0956. The van der Waals surface area contributed by atoms with E-state index in [4.69, 9.17) is 0 Å². The second-order valence-corrected chi connectivity index (χ2v) is 7.26. The SMILES string of the molecule is O=C(NCCNS(=O)(=O)c1ccccc1)c1cccc2ccccc12. The van der Waals surface area contributed by atoms with E-state index in [0.29, 0.717) is 5.56 Å². The maximum absolute atomic E-state index is 12.4. The number of carbonyl (C=O) groups excluding carboxylic acids is 1. The molecule has 0 atom stereocenters. The van der Waals surface area contributed by atoms with Crippen LogP contribution in [0, 0.1) is 0 Å². The Morgan fingerprint density at radius 1 is 0.800 bits per heavy atom. The fourth-order valence-corrected chi connectivity index (χ4v) is 3.62. The Bertz CT molecular complexity index is 980. The van der Waals surface area contributed by atoms with Crippen LogP contribution in [-0.2, 0) is 10.0 Å². The van der Waals surface area contributed by atoms with Crippen molar-refractivity contribution in [3.63, 3.8) is 0 Å². The van der Waals surface area contributed by atoms with E-state index in [9.17, 15) is 13.2 Å². The van der Waals surface area contributed by atoms with Crippen LogP contribution in [0.4, 0.5) is 0 Å². The van der Waals surface area contributed by atoms with E-state index >= 15 is 0 Å². The molecular formula is C19H18N2O3S. The van der Waals surface area contributed by atoms with Gasteiger partial charge in [0.25, 0.3) is 5.91 Å². The van der Waals surface area contributed by atoms with Gasteiger partial charge >= 0.3 is 0 Å². The Morgan fingerprint density at radius 2 is 1.48 bits per heavy atom. The highest BCUT2D eigenvalue weighted by Crippen LogP contribution is 2.18. The lowest BCUT2D eigenvalue weighted by Crippen LogP contribution is -2.34. The summed E-state index contributed by atoms with van der Waals surface area (Å²) in [5.74, 6) is -0.226. The van der Waals surface area contributed by atoms with Crippen LogP contribution in [0.15, 0.2) is 77.7 Å². The van der Waals surface area contributed by atoms with Crippen molar-refractivity contribution in [2.45, 2.75) is 4.90 Å². The van der Waals surface area contributed by atoms with Gasteiger partial charge in [0.2, 0.25) is 10.0 Å². The van der Waals surface area contributed by atoms with Crippen molar-refractivity contribution >= 4 is 26.7 Å². The summed E-state index contributed by atoms with van der Waals surface area (Å²) < 4.78 is 26.7. The van der Waals surface area contributed by atoms with Crippen molar-refractivity contribution in [1.82, 2.24) is 10.0 Å². The van der Waals surface area contributed by atoms with Crippen molar-refractivity contribution in [2.24, 2.45) is 0 Å². The van der Waals surface area contributed by atoms with Crippen molar-refractivity contribution in [2.75, 3.05) is 13.1 Å². The van der Waals surface area contributed by atoms with Gasteiger partial charge in [0.1, 0.15) is 0 Å². The number of carbonyl (C=O) groups is 1. The number of sulfonamides is 1. The zero-order chi connectivity index (χ0) is 17.7. The van der Waals surface area contributed by atoms with Crippen LogP contribution < -0.4 is 10.0 Å². The number of rotatable bonds is 6. The van der Waals surface area contributed by atoms with Crippen LogP contribution in [0.25, 0.3) is 10.8 Å². The molecule has 128 valence electrons. The summed E-state index contributed by atoms with van der Waals surface area (Å²) in [6.45, 7) is 0.321. The van der Waals surface area contributed by atoms with Crippen molar-refractivity contribution < 1.29 is 13.2 Å². The molecule has 0 heterocycles. The summed E-state index contributed by atoms with van der Waals surface area (Å²) >= 11 is 0. The number of hydrogen-bond donors (Lipinski definition) is 2. The lowest BCUT2D eigenvalue weighted by Gasteiger charge is -2.09. The zero-order valence-electron chi connectivity index (χ0n) is 13.5. The third-order valence-corrected chi connectivity index (χ3v) is 5.27. The second-order valence-electron chi connectivity index (χ2n) is 5.49. The summed E-state index contributed by atoms with van der Waals surface area (Å²) in [4.78, 5) is 12.6. The third kappa shape index (κ3) is 4.04. The van der Waals surface area contributed by atoms with Gasteiger partial charge in [-0.2, -0.15) is 0 Å². The predicted octanol–water partition coefficient (Wildman–Crippen LogP) is 2.55. The van der Waals surface area contributed by atoms with Crippen molar-refractivity contribution in [3.8, 4) is 0 Å². The van der Waals surface area contributed by atoms with E-state index < -0.39 is 10.0 Å². The molecule has 0 unspecified atom stereocenters. The van der Waals surface area contributed by atoms with Gasteiger partial charge in [-0.25, -0.2) is 13.1 Å². The molecular weight excluding hydrogens is 336 g/mol. The van der Waals surface area contributed by atoms with Gasteiger partial charge in [-0.3, -0.25) is 4.79 Å². The average Bonchev–Trinajstić information content (AvgIpc) is 2.65. The first-order valence-corrected chi connectivity index (χ1v) is 9.37. The van der Waals surface area contributed by atoms with Crippen LogP contribution >= 0.6 is 0 Å². The minimum atomic E-state index is -3.56. The number of hydrogen-bond acceptors (Lipinski definition) is 3. The first-order chi connectivity index (χ1) is 12.1. The highest BCUT2D eigenvalue weighted by molar-refractivity contribution is 7.89. The van der Waals surface area contributed by atoms with Gasteiger partial charge in [0, 0.05) is 18.7 Å². The van der Waals surface area contributed by atoms with Crippen LogP contribution in [0.1, 0.15) is 10.4 Å². The summed E-state index contributed by atoms with van der Waals surface area (Å²) in [5.41, 5.74) is 0.573. The number of fused-ring (bicyclic) bond motifs is 1. The first-order valence-electron chi connectivity index (χ1n) is 7.88. The van der Waals surface area contributed by atoms with Gasteiger partial charge in [-0.1, -0.05) is 54.6 Å². The van der Waals surface area contributed by atoms with Gasteiger partial charge in [0.15, 0.2) is 0 Å². The van der Waals surface area contributed by atoms with Crippen LogP contribution in [0.3, 0.4) is 0 Å². The summed E-state index contributed by atoms with van der Waals surface area (Å²) in [5, 5.41) is 4.60. The third-order valence-electron chi connectivity index (χ3n) is 3.79. The molecule has 0 radical (unpaired) electrons. The monoisotopic (exact) mass is 354 g/mol. The van der Waals surface area contributed by atoms with E-state index in [-0.39, 0.29) is 23.9 Å². The largest absolute Gasteiger partial charge is 0.351 e. The molecule has 0 aromatic heterocycles. The van der Waals surface area contributed by atoms with Gasteiger partial charge < -0.3 is 5.32 Å². The summed E-state index contributed by atoms with van der Waals surface area (Å²) in [6, 6.07) is 21.3. The Labute approximate surface area is 146 Å². The molecule has 0 bridgehead atoms. The Balaban J connectivity index is 1.60.